The highest BCUT2D eigenvalue weighted by molar-refractivity contribution is 7.92. The van der Waals surface area contributed by atoms with E-state index < -0.39 is 26.0 Å². The van der Waals surface area contributed by atoms with Crippen LogP contribution in [-0.4, -0.2) is 53.4 Å². The lowest BCUT2D eigenvalue weighted by molar-refractivity contribution is -0.120. The van der Waals surface area contributed by atoms with Gasteiger partial charge in [0.15, 0.2) is 0 Å². The predicted molar refractivity (Wildman–Crippen MR) is 116 cm³/mol. The summed E-state index contributed by atoms with van der Waals surface area (Å²) >= 11 is 0. The van der Waals surface area contributed by atoms with Crippen LogP contribution in [0.1, 0.15) is 12.8 Å². The van der Waals surface area contributed by atoms with Crippen LogP contribution in [0.2, 0.25) is 0 Å². The van der Waals surface area contributed by atoms with E-state index in [4.69, 9.17) is 0 Å². The first-order valence-electron chi connectivity index (χ1n) is 9.49. The molecule has 8 nitrogen and oxygen atoms in total. The number of anilines is 2. The normalized spacial score (nSPS) is 18.0. The second-order valence-corrected chi connectivity index (χ2v) is 11.2. The van der Waals surface area contributed by atoms with E-state index in [-0.39, 0.29) is 17.3 Å². The minimum Gasteiger partial charge on any atom is -0.326 e. The molecule has 1 unspecified atom stereocenters. The molecule has 0 aliphatic carbocycles. The van der Waals surface area contributed by atoms with Crippen molar-refractivity contribution in [2.45, 2.75) is 17.7 Å². The highest BCUT2D eigenvalue weighted by atomic mass is 32.2. The lowest BCUT2D eigenvalue weighted by atomic mass is 9.98. The van der Waals surface area contributed by atoms with Gasteiger partial charge in [-0.25, -0.2) is 16.8 Å². The average molecular weight is 452 g/mol. The predicted octanol–water partition coefficient (Wildman–Crippen LogP) is 2.12. The number of piperidine rings is 1. The first-order chi connectivity index (χ1) is 14.1. The molecule has 1 fully saturated rings. The van der Waals surface area contributed by atoms with E-state index in [0.717, 1.165) is 10.6 Å². The van der Waals surface area contributed by atoms with Gasteiger partial charge in [0.05, 0.1) is 22.8 Å². The summed E-state index contributed by atoms with van der Waals surface area (Å²) < 4.78 is 51.7. The highest BCUT2D eigenvalue weighted by Crippen LogP contribution is 2.26. The maximum absolute atomic E-state index is 12.9. The number of carbonyl (C=O) groups excluding carboxylic acids is 1. The molecule has 0 aromatic heterocycles. The van der Waals surface area contributed by atoms with Gasteiger partial charge in [-0.3, -0.25) is 9.10 Å². The molecule has 1 aliphatic rings. The van der Waals surface area contributed by atoms with E-state index in [2.05, 4.69) is 5.32 Å². The molecule has 0 saturated carbocycles. The Morgan fingerprint density at radius 3 is 2.43 bits per heavy atom. The van der Waals surface area contributed by atoms with Gasteiger partial charge in [0.25, 0.3) is 0 Å². The SMILES string of the molecule is CN(c1cccc(NC(=O)C2CCCN(S(=O)(=O)c3ccccc3)C2)c1)S(C)(=O)=O. The fraction of sp³-hybridized carbons (Fsp3) is 0.350. The van der Waals surface area contributed by atoms with Crippen LogP contribution in [-0.2, 0) is 24.8 Å². The third kappa shape index (κ3) is 5.00. The summed E-state index contributed by atoms with van der Waals surface area (Å²) in [6, 6.07) is 14.7. The summed E-state index contributed by atoms with van der Waals surface area (Å²) in [5, 5.41) is 2.79. The molecule has 2 aromatic carbocycles. The Hall–Kier alpha value is -2.43. The molecule has 1 saturated heterocycles. The molecule has 162 valence electrons. The van der Waals surface area contributed by atoms with Crippen LogP contribution in [0.3, 0.4) is 0 Å². The Morgan fingerprint density at radius 1 is 1.07 bits per heavy atom. The molecule has 1 heterocycles. The topological polar surface area (TPSA) is 104 Å². The molecule has 0 radical (unpaired) electrons. The van der Waals surface area contributed by atoms with Crippen LogP contribution in [0.5, 0.6) is 0 Å². The van der Waals surface area contributed by atoms with Crippen molar-refractivity contribution in [1.29, 1.82) is 0 Å². The number of sulfonamides is 2. The Balaban J connectivity index is 1.72. The molecule has 0 bridgehead atoms. The van der Waals surface area contributed by atoms with Gasteiger partial charge in [-0.1, -0.05) is 24.3 Å². The molecular weight excluding hydrogens is 426 g/mol. The highest BCUT2D eigenvalue weighted by Gasteiger charge is 2.33. The molecule has 2 aromatic rings. The largest absolute Gasteiger partial charge is 0.326 e. The van der Waals surface area contributed by atoms with Gasteiger partial charge in [-0.2, -0.15) is 4.31 Å². The summed E-state index contributed by atoms with van der Waals surface area (Å²) in [5.74, 6) is -0.782. The molecule has 30 heavy (non-hydrogen) atoms. The van der Waals surface area contributed by atoms with Gasteiger partial charge in [0.2, 0.25) is 26.0 Å². The van der Waals surface area contributed by atoms with E-state index >= 15 is 0 Å². The monoisotopic (exact) mass is 451 g/mol. The molecule has 1 aliphatic heterocycles. The average Bonchev–Trinajstić information content (AvgIpc) is 2.73. The van der Waals surface area contributed by atoms with Crippen LogP contribution >= 0.6 is 0 Å². The maximum atomic E-state index is 12.9. The van der Waals surface area contributed by atoms with Gasteiger partial charge in [-0.15, -0.1) is 0 Å². The molecule has 10 heteroatoms. The van der Waals surface area contributed by atoms with Crippen molar-refractivity contribution >= 4 is 37.3 Å². The Bertz CT molecular complexity index is 1120. The van der Waals surface area contributed by atoms with Gasteiger partial charge in [-0.05, 0) is 43.2 Å². The van der Waals surface area contributed by atoms with Gasteiger partial charge >= 0.3 is 0 Å². The molecule has 1 N–H and O–H groups in total. The summed E-state index contributed by atoms with van der Waals surface area (Å²) in [4.78, 5) is 13.0. The summed E-state index contributed by atoms with van der Waals surface area (Å²) in [7, 11) is -5.65. The van der Waals surface area contributed by atoms with Gasteiger partial charge in [0, 0.05) is 25.8 Å². The fourth-order valence-electron chi connectivity index (χ4n) is 3.33. The third-order valence-corrected chi connectivity index (χ3v) is 8.20. The second-order valence-electron chi connectivity index (χ2n) is 7.29. The number of rotatable bonds is 6. The smallest absolute Gasteiger partial charge is 0.243 e. The van der Waals surface area contributed by atoms with E-state index in [9.17, 15) is 21.6 Å². The van der Waals surface area contributed by atoms with Crippen molar-refractivity contribution in [3.63, 3.8) is 0 Å². The number of hydrogen-bond acceptors (Lipinski definition) is 5. The standard InChI is InChI=1S/C20H25N3O5S2/c1-22(29(2,25)26)18-10-6-9-17(14-18)21-20(24)16-8-7-13-23(15-16)30(27,28)19-11-4-3-5-12-19/h3-6,9-12,14,16H,7-8,13,15H2,1-2H3,(H,21,24). The van der Waals surface area contributed by atoms with E-state index in [1.54, 1.807) is 54.6 Å². The summed E-state index contributed by atoms with van der Waals surface area (Å²) in [6.45, 7) is 0.474. The number of nitrogens with one attached hydrogen (secondary N) is 1. The zero-order chi connectivity index (χ0) is 21.9. The number of amides is 1. The van der Waals surface area contributed by atoms with Crippen LogP contribution < -0.4 is 9.62 Å². The summed E-state index contributed by atoms with van der Waals surface area (Å²) in [5.41, 5.74) is 0.878. The van der Waals surface area contributed by atoms with Gasteiger partial charge < -0.3 is 5.32 Å². The van der Waals surface area contributed by atoms with Crippen LogP contribution in [0, 0.1) is 5.92 Å². The lowest BCUT2D eigenvalue weighted by Gasteiger charge is -2.31. The van der Waals surface area contributed by atoms with Crippen molar-refractivity contribution in [2.75, 3.05) is 36.0 Å². The van der Waals surface area contributed by atoms with Crippen molar-refractivity contribution in [2.24, 2.45) is 5.92 Å². The molecule has 3 rings (SSSR count). The molecule has 1 amide bonds. The lowest BCUT2D eigenvalue weighted by Crippen LogP contribution is -2.43. The van der Waals surface area contributed by atoms with E-state index in [1.165, 1.54) is 11.4 Å². The number of hydrogen-bond donors (Lipinski definition) is 1. The zero-order valence-corrected chi connectivity index (χ0v) is 18.5. The number of nitrogens with zero attached hydrogens (tertiary/aromatic N) is 2. The Labute approximate surface area is 177 Å². The fourth-order valence-corrected chi connectivity index (χ4v) is 5.37. The number of carbonyl (C=O) groups is 1. The number of benzene rings is 2. The van der Waals surface area contributed by atoms with Crippen molar-refractivity contribution in [3.8, 4) is 0 Å². The molecular formula is C20H25N3O5S2. The first-order valence-corrected chi connectivity index (χ1v) is 12.8. The molecule has 0 spiro atoms. The molecule has 1 atom stereocenters. The van der Waals surface area contributed by atoms with E-state index in [1.807, 2.05) is 0 Å². The minimum atomic E-state index is -3.66. The Kier molecular flexibility index (Phi) is 6.49. The van der Waals surface area contributed by atoms with Crippen LogP contribution in [0.15, 0.2) is 59.5 Å². The van der Waals surface area contributed by atoms with Crippen LogP contribution in [0.4, 0.5) is 11.4 Å². The van der Waals surface area contributed by atoms with Gasteiger partial charge in [0.1, 0.15) is 0 Å². The maximum Gasteiger partial charge on any atom is 0.243 e. The zero-order valence-electron chi connectivity index (χ0n) is 16.9. The quantitative estimate of drug-likeness (QED) is 0.725. The minimum absolute atomic E-state index is 0.103. The van der Waals surface area contributed by atoms with Crippen LogP contribution in [0.25, 0.3) is 0 Å². The third-order valence-electron chi connectivity index (χ3n) is 5.11. The second kappa shape index (κ2) is 8.75. The van der Waals surface area contributed by atoms with Crippen molar-refractivity contribution < 1.29 is 21.6 Å². The Morgan fingerprint density at radius 2 is 1.77 bits per heavy atom. The van der Waals surface area contributed by atoms with Crippen molar-refractivity contribution in [3.05, 3.63) is 54.6 Å². The van der Waals surface area contributed by atoms with Crippen molar-refractivity contribution in [1.82, 2.24) is 4.31 Å². The van der Waals surface area contributed by atoms with E-state index in [0.29, 0.717) is 30.8 Å². The summed E-state index contributed by atoms with van der Waals surface area (Å²) in [6.07, 6.45) is 2.26. The first kappa shape index (κ1) is 22.3.